The topological polar surface area (TPSA) is 69.8 Å². The van der Waals surface area contributed by atoms with Crippen LogP contribution in [-0.2, 0) is 4.74 Å². The first-order chi connectivity index (χ1) is 10.2. The number of halogens is 1. The molecule has 4 nitrogen and oxygen atoms in total. The molecule has 3 rings (SSSR count). The molecule has 104 valence electrons. The molecule has 2 aromatic heterocycles. The van der Waals surface area contributed by atoms with Gasteiger partial charge in [-0.25, -0.2) is 0 Å². The van der Waals surface area contributed by atoms with E-state index in [-0.39, 0.29) is 11.8 Å². The van der Waals surface area contributed by atoms with Gasteiger partial charge >= 0.3 is 0 Å². The largest absolute Gasteiger partial charge is 0.420 e. The molecule has 2 heterocycles. The summed E-state index contributed by atoms with van der Waals surface area (Å²) in [5.74, 6) is -0.253. The lowest BCUT2D eigenvalue weighted by molar-refractivity contribution is 0.539. The Morgan fingerprint density at radius 3 is 2.62 bits per heavy atom. The van der Waals surface area contributed by atoms with Crippen molar-refractivity contribution in [1.82, 2.24) is 4.98 Å². The van der Waals surface area contributed by atoms with Crippen molar-refractivity contribution in [2.24, 2.45) is 0 Å². The molecule has 0 aliphatic heterocycles. The third-order valence-corrected chi connectivity index (χ3v) is 4.54. The zero-order valence-electron chi connectivity index (χ0n) is 10.8. The van der Waals surface area contributed by atoms with Crippen LogP contribution in [-0.4, -0.2) is 16.8 Å². The van der Waals surface area contributed by atoms with Gasteiger partial charge in [0.05, 0.1) is 10.6 Å². The molecule has 0 saturated carbocycles. The van der Waals surface area contributed by atoms with Gasteiger partial charge in [0, 0.05) is 22.5 Å². The minimum atomic E-state index is -0.130. The van der Waals surface area contributed by atoms with E-state index in [1.807, 2.05) is 24.3 Å². The highest BCUT2D eigenvalue weighted by Gasteiger charge is 2.17. The Bertz CT molecular complexity index is 829. The van der Waals surface area contributed by atoms with Gasteiger partial charge < -0.3 is 4.74 Å². The summed E-state index contributed by atoms with van der Waals surface area (Å²) < 4.78 is 6.27. The number of hydrogen-bond donors (Lipinski definition) is 2. The van der Waals surface area contributed by atoms with E-state index in [0.717, 1.165) is 10.1 Å². The van der Waals surface area contributed by atoms with E-state index >= 15 is 0 Å². The lowest BCUT2D eigenvalue weighted by Crippen LogP contribution is -2.12. The van der Waals surface area contributed by atoms with Gasteiger partial charge in [-0.15, -0.1) is 11.3 Å². The van der Waals surface area contributed by atoms with Gasteiger partial charge in [-0.2, -0.15) is 0 Å². The minimum Gasteiger partial charge on any atom is -0.420 e. The number of aromatic nitrogens is 1. The van der Waals surface area contributed by atoms with Crippen molar-refractivity contribution in [3.63, 3.8) is 0 Å². The van der Waals surface area contributed by atoms with Crippen LogP contribution in [0.5, 0.6) is 0 Å². The summed E-state index contributed by atoms with van der Waals surface area (Å²) in [5.41, 5.74) is 0.513. The average Bonchev–Trinajstić information content (AvgIpc) is 2.86. The van der Waals surface area contributed by atoms with Crippen molar-refractivity contribution in [2.75, 3.05) is 0 Å². The van der Waals surface area contributed by atoms with E-state index in [0.29, 0.717) is 15.5 Å². The highest BCUT2D eigenvalue weighted by Crippen LogP contribution is 2.35. The van der Waals surface area contributed by atoms with Crippen LogP contribution in [0.15, 0.2) is 48.8 Å². The highest BCUT2D eigenvalue weighted by molar-refractivity contribution is 7.21. The predicted octanol–water partition coefficient (Wildman–Crippen LogP) is 4.32. The first kappa shape index (κ1) is 13.7. The molecule has 0 aliphatic carbocycles. The smallest absolute Gasteiger partial charge is 0.232 e. The Kier molecular flexibility index (Phi) is 3.68. The number of hydrogen-bond acceptors (Lipinski definition) is 5. The quantitative estimate of drug-likeness (QED) is 0.546. The van der Waals surface area contributed by atoms with Crippen LogP contribution in [0.25, 0.3) is 10.1 Å². The lowest BCUT2D eigenvalue weighted by Gasteiger charge is -2.06. The van der Waals surface area contributed by atoms with Gasteiger partial charge in [0.15, 0.2) is 0 Å². The van der Waals surface area contributed by atoms with Crippen LogP contribution in [0.2, 0.25) is 5.02 Å². The molecular formula is C15H10ClN3OS. The summed E-state index contributed by atoms with van der Waals surface area (Å²) in [7, 11) is 0. The summed E-state index contributed by atoms with van der Waals surface area (Å²) in [6.07, 6.45) is 3.13. The normalized spacial score (nSPS) is 10.5. The van der Waals surface area contributed by atoms with Crippen molar-refractivity contribution in [3.05, 3.63) is 64.3 Å². The second kappa shape index (κ2) is 5.63. The molecule has 0 radical (unpaired) electrons. The first-order valence-electron chi connectivity index (χ1n) is 6.09. The number of ether oxygens (including phenoxy) is 1. The number of benzene rings is 1. The van der Waals surface area contributed by atoms with Gasteiger partial charge in [-0.05, 0) is 18.2 Å². The minimum absolute atomic E-state index is 0.123. The zero-order chi connectivity index (χ0) is 14.8. The maximum absolute atomic E-state index is 8.03. The van der Waals surface area contributed by atoms with E-state index in [9.17, 15) is 0 Å². The third kappa shape index (κ3) is 2.66. The van der Waals surface area contributed by atoms with Crippen molar-refractivity contribution >= 4 is 44.8 Å². The molecule has 0 saturated heterocycles. The van der Waals surface area contributed by atoms with E-state index in [1.54, 1.807) is 18.3 Å². The number of nitrogens with one attached hydrogen (secondary N) is 2. The van der Waals surface area contributed by atoms with Crippen LogP contribution in [0, 0.1) is 10.8 Å². The molecule has 0 amide bonds. The van der Waals surface area contributed by atoms with Gasteiger partial charge in [0.25, 0.3) is 0 Å². The molecule has 1 aromatic carbocycles. The molecule has 0 fully saturated rings. The molecule has 0 aliphatic rings. The SMILES string of the molecule is N=C(OC(=N)c1sc2ccccc2c1Cl)c1cccnc1. The van der Waals surface area contributed by atoms with Crippen LogP contribution >= 0.6 is 22.9 Å². The maximum Gasteiger partial charge on any atom is 0.232 e. The highest BCUT2D eigenvalue weighted by atomic mass is 35.5. The summed E-state index contributed by atoms with van der Waals surface area (Å²) in [5, 5.41) is 17.3. The Hall–Kier alpha value is -2.24. The third-order valence-electron chi connectivity index (χ3n) is 2.87. The Morgan fingerprint density at radius 1 is 1.10 bits per heavy atom. The monoisotopic (exact) mass is 315 g/mol. The zero-order valence-corrected chi connectivity index (χ0v) is 12.3. The van der Waals surface area contributed by atoms with Crippen molar-refractivity contribution in [2.45, 2.75) is 0 Å². The maximum atomic E-state index is 8.03. The molecule has 21 heavy (non-hydrogen) atoms. The summed E-state index contributed by atoms with van der Waals surface area (Å²) in [6.45, 7) is 0. The van der Waals surface area contributed by atoms with Crippen molar-refractivity contribution in [3.8, 4) is 0 Å². The van der Waals surface area contributed by atoms with Crippen LogP contribution in [0.1, 0.15) is 10.4 Å². The Labute approximate surface area is 130 Å². The molecule has 2 N–H and O–H groups in total. The summed E-state index contributed by atoms with van der Waals surface area (Å²) >= 11 is 7.66. The second-order valence-electron chi connectivity index (χ2n) is 4.24. The Balaban J connectivity index is 1.88. The fourth-order valence-electron chi connectivity index (χ4n) is 1.86. The molecule has 0 bridgehead atoms. The summed E-state index contributed by atoms with van der Waals surface area (Å²) in [4.78, 5) is 4.44. The van der Waals surface area contributed by atoms with Gasteiger partial charge in [0.1, 0.15) is 4.88 Å². The summed E-state index contributed by atoms with van der Waals surface area (Å²) in [6, 6.07) is 11.1. The lowest BCUT2D eigenvalue weighted by atomic mass is 10.2. The molecule has 0 unspecified atom stereocenters. The van der Waals surface area contributed by atoms with Crippen LogP contribution < -0.4 is 0 Å². The van der Waals surface area contributed by atoms with E-state index in [4.69, 9.17) is 27.2 Å². The molecule has 0 atom stereocenters. The van der Waals surface area contributed by atoms with E-state index in [1.165, 1.54) is 17.5 Å². The van der Waals surface area contributed by atoms with Gasteiger partial charge in [-0.1, -0.05) is 29.8 Å². The van der Waals surface area contributed by atoms with Crippen LogP contribution in [0.4, 0.5) is 0 Å². The van der Waals surface area contributed by atoms with Crippen molar-refractivity contribution < 1.29 is 4.74 Å². The van der Waals surface area contributed by atoms with Crippen LogP contribution in [0.3, 0.4) is 0 Å². The predicted molar refractivity (Wildman–Crippen MR) is 85.8 cm³/mol. The van der Waals surface area contributed by atoms with Gasteiger partial charge in [0.2, 0.25) is 11.8 Å². The first-order valence-corrected chi connectivity index (χ1v) is 7.29. The fourth-order valence-corrected chi connectivity index (χ4v) is 3.27. The number of nitrogens with zero attached hydrogens (tertiary/aromatic N) is 1. The Morgan fingerprint density at radius 2 is 1.90 bits per heavy atom. The average molecular weight is 316 g/mol. The number of fused-ring (bicyclic) bond motifs is 1. The standard InChI is InChI=1S/C15H10ClN3OS/c16-12-10-5-1-2-6-11(10)21-13(12)15(18)20-14(17)9-4-3-7-19-8-9/h1-8,17-18H. The molecule has 0 spiro atoms. The van der Waals surface area contributed by atoms with E-state index in [2.05, 4.69) is 4.98 Å². The number of thiophene rings is 1. The van der Waals surface area contributed by atoms with Gasteiger partial charge in [-0.3, -0.25) is 15.8 Å². The fraction of sp³-hybridized carbons (Fsp3) is 0. The number of pyridine rings is 1. The molecular weight excluding hydrogens is 306 g/mol. The molecule has 3 aromatic rings. The van der Waals surface area contributed by atoms with Crippen molar-refractivity contribution in [1.29, 1.82) is 10.8 Å². The molecule has 6 heteroatoms. The second-order valence-corrected chi connectivity index (χ2v) is 5.67. The van der Waals surface area contributed by atoms with E-state index < -0.39 is 0 Å². The number of rotatable bonds is 2.